The Morgan fingerprint density at radius 2 is 2.33 bits per heavy atom. The fourth-order valence-corrected chi connectivity index (χ4v) is 1.52. The number of nitrogens with zero attached hydrogens (tertiary/aromatic N) is 3. The lowest BCUT2D eigenvalue weighted by Crippen LogP contribution is -1.98. The van der Waals surface area contributed by atoms with Gasteiger partial charge in [-0.1, -0.05) is 6.07 Å². The van der Waals surface area contributed by atoms with E-state index in [0.717, 1.165) is 12.1 Å². The second kappa shape index (κ2) is 3.97. The molecule has 0 spiro atoms. The number of nitriles is 1. The third-order valence-electron chi connectivity index (χ3n) is 2.38. The van der Waals surface area contributed by atoms with Crippen molar-refractivity contribution in [3.05, 3.63) is 53.6 Å². The lowest BCUT2D eigenvalue weighted by molar-refractivity contribution is 0.792. The van der Waals surface area contributed by atoms with Crippen molar-refractivity contribution >= 4 is 0 Å². The van der Waals surface area contributed by atoms with Gasteiger partial charge in [-0.15, -0.1) is 0 Å². The summed E-state index contributed by atoms with van der Waals surface area (Å²) in [5.41, 5.74) is 3.07. The van der Waals surface area contributed by atoms with Crippen LogP contribution in [0.2, 0.25) is 0 Å². The smallest absolute Gasteiger partial charge is 0.0991 e. The van der Waals surface area contributed by atoms with Crippen LogP contribution in [0.25, 0.3) is 0 Å². The second-order valence-corrected chi connectivity index (χ2v) is 3.49. The van der Waals surface area contributed by atoms with Gasteiger partial charge >= 0.3 is 0 Å². The summed E-state index contributed by atoms with van der Waals surface area (Å²) < 4.78 is 2.01. The van der Waals surface area contributed by atoms with Gasteiger partial charge in [0, 0.05) is 18.9 Å². The monoisotopic (exact) mass is 197 g/mol. The third kappa shape index (κ3) is 2.05. The zero-order chi connectivity index (χ0) is 10.7. The minimum atomic E-state index is 0.710. The quantitative estimate of drug-likeness (QED) is 0.739. The average Bonchev–Trinajstić information content (AvgIpc) is 2.74. The Balaban J connectivity index is 2.27. The van der Waals surface area contributed by atoms with Crippen LogP contribution >= 0.6 is 0 Å². The van der Waals surface area contributed by atoms with E-state index < -0.39 is 0 Å². The van der Waals surface area contributed by atoms with Crippen molar-refractivity contribution in [1.29, 1.82) is 5.26 Å². The molecular weight excluding hydrogens is 186 g/mol. The van der Waals surface area contributed by atoms with Gasteiger partial charge in [0.25, 0.3) is 0 Å². The number of hydrogen-bond acceptors (Lipinski definition) is 2. The molecule has 3 heteroatoms. The molecule has 0 radical (unpaired) electrons. The molecule has 1 heterocycles. The first-order valence-electron chi connectivity index (χ1n) is 4.75. The first-order chi connectivity index (χ1) is 7.29. The molecular formula is C12H11N3. The first-order valence-corrected chi connectivity index (χ1v) is 4.75. The van der Waals surface area contributed by atoms with E-state index in [1.165, 1.54) is 5.56 Å². The van der Waals surface area contributed by atoms with E-state index in [4.69, 9.17) is 5.26 Å². The maximum atomic E-state index is 8.74. The Labute approximate surface area is 88.6 Å². The van der Waals surface area contributed by atoms with Crippen LogP contribution < -0.4 is 0 Å². The van der Waals surface area contributed by atoms with Crippen LogP contribution in [0.15, 0.2) is 36.9 Å². The summed E-state index contributed by atoms with van der Waals surface area (Å²) in [7, 11) is 0. The van der Waals surface area contributed by atoms with Crippen LogP contribution in [-0.4, -0.2) is 9.55 Å². The Hall–Kier alpha value is -2.08. The highest BCUT2D eigenvalue weighted by molar-refractivity contribution is 5.37. The molecule has 0 aliphatic heterocycles. The van der Waals surface area contributed by atoms with Gasteiger partial charge in [0.2, 0.25) is 0 Å². The molecule has 2 rings (SSSR count). The van der Waals surface area contributed by atoms with E-state index >= 15 is 0 Å². The molecule has 0 aliphatic rings. The Morgan fingerprint density at radius 1 is 1.47 bits per heavy atom. The maximum absolute atomic E-state index is 8.74. The molecule has 1 aromatic heterocycles. The van der Waals surface area contributed by atoms with Crippen molar-refractivity contribution in [2.24, 2.45) is 0 Å². The van der Waals surface area contributed by atoms with Crippen molar-refractivity contribution in [3.63, 3.8) is 0 Å². The number of aromatic nitrogens is 2. The fourth-order valence-electron chi connectivity index (χ4n) is 1.52. The van der Waals surface area contributed by atoms with E-state index in [9.17, 15) is 0 Å². The number of benzene rings is 1. The molecule has 0 aliphatic carbocycles. The van der Waals surface area contributed by atoms with Crippen molar-refractivity contribution in [1.82, 2.24) is 9.55 Å². The largest absolute Gasteiger partial charge is 0.333 e. The second-order valence-electron chi connectivity index (χ2n) is 3.49. The van der Waals surface area contributed by atoms with E-state index in [0.29, 0.717) is 5.56 Å². The summed E-state index contributed by atoms with van der Waals surface area (Å²) >= 11 is 0. The Bertz CT molecular complexity index is 492. The summed E-state index contributed by atoms with van der Waals surface area (Å²) in [6, 6.07) is 7.88. The minimum Gasteiger partial charge on any atom is -0.333 e. The zero-order valence-electron chi connectivity index (χ0n) is 8.51. The summed E-state index contributed by atoms with van der Waals surface area (Å²) in [5.74, 6) is 0. The molecule has 0 fully saturated rings. The number of aryl methyl sites for hydroxylation is 1. The highest BCUT2D eigenvalue weighted by Crippen LogP contribution is 2.11. The van der Waals surface area contributed by atoms with Gasteiger partial charge in [0.05, 0.1) is 18.0 Å². The minimum absolute atomic E-state index is 0.710. The van der Waals surface area contributed by atoms with E-state index in [2.05, 4.69) is 11.1 Å². The van der Waals surface area contributed by atoms with Crippen molar-refractivity contribution in [2.75, 3.05) is 0 Å². The highest BCUT2D eigenvalue weighted by atomic mass is 15.0. The lowest BCUT2D eigenvalue weighted by Gasteiger charge is -2.06. The molecule has 0 atom stereocenters. The first kappa shape index (κ1) is 9.47. The van der Waals surface area contributed by atoms with Crippen molar-refractivity contribution < 1.29 is 0 Å². The van der Waals surface area contributed by atoms with Gasteiger partial charge in [-0.3, -0.25) is 0 Å². The van der Waals surface area contributed by atoms with Crippen LogP contribution in [0.4, 0.5) is 0 Å². The van der Waals surface area contributed by atoms with E-state index in [1.807, 2.05) is 35.9 Å². The molecule has 74 valence electrons. The zero-order valence-corrected chi connectivity index (χ0v) is 8.51. The standard InChI is InChI=1S/C12H11N3/c1-10-6-11(7-13)2-3-12(10)8-15-5-4-14-9-15/h2-6,9H,8H2,1H3. The number of rotatable bonds is 2. The summed E-state index contributed by atoms with van der Waals surface area (Å²) in [4.78, 5) is 3.99. The molecule has 0 unspecified atom stereocenters. The van der Waals surface area contributed by atoms with E-state index in [-0.39, 0.29) is 0 Å². The molecule has 3 nitrogen and oxygen atoms in total. The van der Waals surface area contributed by atoms with Crippen LogP contribution in [0.3, 0.4) is 0 Å². The topological polar surface area (TPSA) is 41.6 Å². The molecule has 0 saturated heterocycles. The van der Waals surface area contributed by atoms with Gasteiger partial charge in [-0.05, 0) is 30.2 Å². The van der Waals surface area contributed by atoms with Crippen LogP contribution in [0.5, 0.6) is 0 Å². The molecule has 0 saturated carbocycles. The predicted molar refractivity (Wildman–Crippen MR) is 57.2 cm³/mol. The van der Waals surface area contributed by atoms with Gasteiger partial charge in [-0.2, -0.15) is 5.26 Å². The molecule has 2 aromatic rings. The van der Waals surface area contributed by atoms with E-state index in [1.54, 1.807) is 12.5 Å². The lowest BCUT2D eigenvalue weighted by atomic mass is 10.1. The van der Waals surface area contributed by atoms with Crippen LogP contribution in [0, 0.1) is 18.3 Å². The maximum Gasteiger partial charge on any atom is 0.0991 e. The SMILES string of the molecule is Cc1cc(C#N)ccc1Cn1ccnc1. The van der Waals surface area contributed by atoms with Gasteiger partial charge in [0.15, 0.2) is 0 Å². The fraction of sp³-hybridized carbons (Fsp3) is 0.167. The molecule has 15 heavy (non-hydrogen) atoms. The molecule has 0 amide bonds. The van der Waals surface area contributed by atoms with Gasteiger partial charge < -0.3 is 4.57 Å². The van der Waals surface area contributed by atoms with Crippen molar-refractivity contribution in [2.45, 2.75) is 13.5 Å². The third-order valence-corrected chi connectivity index (χ3v) is 2.38. The number of hydrogen-bond donors (Lipinski definition) is 0. The predicted octanol–water partition coefficient (Wildman–Crippen LogP) is 2.11. The van der Waals surface area contributed by atoms with Gasteiger partial charge in [0.1, 0.15) is 0 Å². The number of imidazole rings is 1. The molecule has 1 aromatic carbocycles. The average molecular weight is 197 g/mol. The molecule has 0 N–H and O–H groups in total. The van der Waals surface area contributed by atoms with Crippen molar-refractivity contribution in [3.8, 4) is 6.07 Å². The molecule has 0 bridgehead atoms. The summed E-state index contributed by atoms with van der Waals surface area (Å²) in [6.45, 7) is 2.82. The van der Waals surface area contributed by atoms with Gasteiger partial charge in [-0.25, -0.2) is 4.98 Å². The van der Waals surface area contributed by atoms with Crippen LogP contribution in [-0.2, 0) is 6.54 Å². The Morgan fingerprint density at radius 3 is 2.93 bits per heavy atom. The summed E-state index contributed by atoms with van der Waals surface area (Å²) in [5, 5.41) is 8.74. The normalized spacial score (nSPS) is 9.87. The van der Waals surface area contributed by atoms with Crippen LogP contribution in [0.1, 0.15) is 16.7 Å². The summed E-state index contributed by atoms with van der Waals surface area (Å²) in [6.07, 6.45) is 5.48. The Kier molecular flexibility index (Phi) is 2.51. The highest BCUT2D eigenvalue weighted by Gasteiger charge is 2.00.